The van der Waals surface area contributed by atoms with Gasteiger partial charge in [-0.05, 0) is 12.0 Å². The zero-order chi connectivity index (χ0) is 9.97. The largest absolute Gasteiger partial charge is 0.456 e. The number of hydrogen-bond donors (Lipinski definition) is 0. The van der Waals surface area contributed by atoms with E-state index < -0.39 is 0 Å². The number of benzene rings is 1. The van der Waals surface area contributed by atoms with Crippen LogP contribution < -0.4 is 0 Å². The smallest absolute Gasteiger partial charge is 0.306 e. The van der Waals surface area contributed by atoms with Gasteiger partial charge in [0.1, 0.15) is 6.10 Å². The monoisotopic (exact) mass is 302 g/mol. The molecule has 0 aromatic heterocycles. The van der Waals surface area contributed by atoms with Crippen LogP contribution in [0.3, 0.4) is 0 Å². The second-order valence-corrected chi connectivity index (χ2v) is 4.98. The Morgan fingerprint density at radius 3 is 2.71 bits per heavy atom. The van der Waals surface area contributed by atoms with Gasteiger partial charge in [-0.2, -0.15) is 0 Å². The van der Waals surface area contributed by atoms with Gasteiger partial charge >= 0.3 is 5.97 Å². The molecule has 74 valence electrons. The number of cyclic esters (lactones) is 1. The van der Waals surface area contributed by atoms with E-state index in [0.717, 1.165) is 12.0 Å². The fourth-order valence-electron chi connectivity index (χ4n) is 1.60. The van der Waals surface area contributed by atoms with Crippen molar-refractivity contribution in [2.45, 2.75) is 22.9 Å². The molecular formula is C11H11IO2. The summed E-state index contributed by atoms with van der Waals surface area (Å²) in [5, 5.41) is 0. The van der Waals surface area contributed by atoms with Crippen molar-refractivity contribution in [2.75, 3.05) is 0 Å². The molecule has 1 aromatic carbocycles. The van der Waals surface area contributed by atoms with Crippen LogP contribution in [0.15, 0.2) is 30.3 Å². The lowest BCUT2D eigenvalue weighted by Crippen LogP contribution is -2.25. The van der Waals surface area contributed by atoms with E-state index >= 15 is 0 Å². The highest BCUT2D eigenvalue weighted by Crippen LogP contribution is 2.33. The predicted octanol–water partition coefficient (Wildman–Crippen LogP) is 2.87. The first kappa shape index (κ1) is 9.96. The highest BCUT2D eigenvalue weighted by molar-refractivity contribution is 14.1. The zero-order valence-corrected chi connectivity index (χ0v) is 9.81. The van der Waals surface area contributed by atoms with Crippen LogP contribution in [0.1, 0.15) is 24.5 Å². The first-order valence-corrected chi connectivity index (χ1v) is 5.90. The standard InChI is InChI=1S/C11H11IO2/c12-9-6-7-10(13)14-11(9)8-4-2-1-3-5-8/h1-5,9,11H,6-7H2/t9-,11+/m1/s1. The Bertz CT molecular complexity index is 323. The number of carbonyl (C=O) groups is 1. The van der Waals surface area contributed by atoms with E-state index in [2.05, 4.69) is 22.6 Å². The summed E-state index contributed by atoms with van der Waals surface area (Å²) in [5.41, 5.74) is 1.10. The fourth-order valence-corrected chi connectivity index (χ4v) is 2.47. The molecule has 0 unspecified atom stereocenters. The number of halogens is 1. The molecule has 0 saturated carbocycles. The Labute approximate surface area is 96.8 Å². The molecule has 2 atom stereocenters. The maximum atomic E-state index is 11.2. The molecule has 0 spiro atoms. The van der Waals surface area contributed by atoms with Gasteiger partial charge < -0.3 is 4.74 Å². The Morgan fingerprint density at radius 1 is 1.29 bits per heavy atom. The molecule has 0 radical (unpaired) electrons. The summed E-state index contributed by atoms with van der Waals surface area (Å²) < 4.78 is 5.73. The number of rotatable bonds is 1. The van der Waals surface area contributed by atoms with E-state index in [0.29, 0.717) is 10.3 Å². The minimum absolute atomic E-state index is 0.0574. The van der Waals surface area contributed by atoms with Crippen molar-refractivity contribution in [3.05, 3.63) is 35.9 Å². The molecule has 2 nitrogen and oxygen atoms in total. The number of carbonyl (C=O) groups excluding carboxylic acids is 1. The Kier molecular flexibility index (Phi) is 3.05. The zero-order valence-electron chi connectivity index (χ0n) is 7.65. The van der Waals surface area contributed by atoms with Crippen LogP contribution in [0, 0.1) is 0 Å². The van der Waals surface area contributed by atoms with Crippen LogP contribution in [0.5, 0.6) is 0 Å². The van der Waals surface area contributed by atoms with Gasteiger partial charge in [-0.1, -0.05) is 52.9 Å². The lowest BCUT2D eigenvalue weighted by atomic mass is 10.0. The lowest BCUT2D eigenvalue weighted by molar-refractivity contribution is -0.153. The van der Waals surface area contributed by atoms with Crippen LogP contribution in [0.4, 0.5) is 0 Å². The van der Waals surface area contributed by atoms with Crippen molar-refractivity contribution < 1.29 is 9.53 Å². The SMILES string of the molecule is O=C1CC[C@@H](I)[C@H](c2ccccc2)O1. The summed E-state index contributed by atoms with van der Waals surface area (Å²) in [6.45, 7) is 0. The van der Waals surface area contributed by atoms with E-state index in [1.54, 1.807) is 0 Å². The van der Waals surface area contributed by atoms with Crippen molar-refractivity contribution in [2.24, 2.45) is 0 Å². The number of alkyl halides is 1. The van der Waals surface area contributed by atoms with Gasteiger partial charge in [0.25, 0.3) is 0 Å². The van der Waals surface area contributed by atoms with Crippen molar-refractivity contribution in [1.29, 1.82) is 0 Å². The fraction of sp³-hybridized carbons (Fsp3) is 0.364. The van der Waals surface area contributed by atoms with Crippen molar-refractivity contribution in [3.63, 3.8) is 0 Å². The average Bonchev–Trinajstić information content (AvgIpc) is 2.23. The van der Waals surface area contributed by atoms with Gasteiger partial charge in [0.15, 0.2) is 0 Å². The van der Waals surface area contributed by atoms with Crippen molar-refractivity contribution in [3.8, 4) is 0 Å². The van der Waals surface area contributed by atoms with Gasteiger partial charge in [-0.25, -0.2) is 0 Å². The van der Waals surface area contributed by atoms with Crippen LogP contribution >= 0.6 is 22.6 Å². The minimum atomic E-state index is -0.0771. The van der Waals surface area contributed by atoms with E-state index in [-0.39, 0.29) is 12.1 Å². The maximum Gasteiger partial charge on any atom is 0.306 e. The first-order valence-electron chi connectivity index (χ1n) is 4.66. The summed E-state index contributed by atoms with van der Waals surface area (Å²) in [6.07, 6.45) is 1.41. The summed E-state index contributed by atoms with van der Waals surface area (Å²) in [6, 6.07) is 9.93. The quantitative estimate of drug-likeness (QED) is 0.453. The van der Waals surface area contributed by atoms with E-state index in [4.69, 9.17) is 4.74 Å². The maximum absolute atomic E-state index is 11.2. The molecule has 0 amide bonds. The molecule has 2 rings (SSSR count). The summed E-state index contributed by atoms with van der Waals surface area (Å²) in [4.78, 5) is 11.2. The lowest BCUT2D eigenvalue weighted by Gasteiger charge is -2.27. The predicted molar refractivity (Wildman–Crippen MR) is 62.3 cm³/mol. The van der Waals surface area contributed by atoms with Crippen LogP contribution in [-0.4, -0.2) is 9.89 Å². The molecule has 14 heavy (non-hydrogen) atoms. The molecule has 1 aromatic rings. The highest BCUT2D eigenvalue weighted by Gasteiger charge is 2.29. The second kappa shape index (κ2) is 4.29. The molecule has 1 saturated heterocycles. The molecule has 1 aliphatic rings. The van der Waals surface area contributed by atoms with E-state index in [1.165, 1.54) is 0 Å². The Hall–Kier alpha value is -0.580. The summed E-state index contributed by atoms with van der Waals surface area (Å²) in [5.74, 6) is -0.0771. The van der Waals surface area contributed by atoms with Gasteiger partial charge in [-0.3, -0.25) is 4.79 Å². The molecule has 0 N–H and O–H groups in total. The second-order valence-electron chi connectivity index (χ2n) is 3.38. The van der Waals surface area contributed by atoms with Crippen LogP contribution in [0.25, 0.3) is 0 Å². The van der Waals surface area contributed by atoms with Gasteiger partial charge in [0.05, 0.1) is 3.92 Å². The topological polar surface area (TPSA) is 26.3 Å². The average molecular weight is 302 g/mol. The molecule has 0 bridgehead atoms. The summed E-state index contributed by atoms with van der Waals surface area (Å²) in [7, 11) is 0. The number of hydrogen-bond acceptors (Lipinski definition) is 2. The van der Waals surface area contributed by atoms with Crippen molar-refractivity contribution in [1.82, 2.24) is 0 Å². The number of esters is 1. The van der Waals surface area contributed by atoms with Gasteiger partial charge in [0.2, 0.25) is 0 Å². The van der Waals surface area contributed by atoms with Crippen LogP contribution in [-0.2, 0) is 9.53 Å². The Morgan fingerprint density at radius 2 is 2.00 bits per heavy atom. The minimum Gasteiger partial charge on any atom is -0.456 e. The van der Waals surface area contributed by atoms with E-state index in [9.17, 15) is 4.79 Å². The molecule has 3 heteroatoms. The summed E-state index contributed by atoms with van der Waals surface area (Å²) >= 11 is 2.36. The molecular weight excluding hydrogens is 291 g/mol. The van der Waals surface area contributed by atoms with Crippen molar-refractivity contribution >= 4 is 28.6 Å². The normalized spacial score (nSPS) is 27.1. The Balaban J connectivity index is 2.20. The molecule has 0 aliphatic carbocycles. The molecule has 1 heterocycles. The van der Waals surface area contributed by atoms with Gasteiger partial charge in [0, 0.05) is 6.42 Å². The third-order valence-electron chi connectivity index (χ3n) is 2.34. The number of ether oxygens (including phenoxy) is 1. The van der Waals surface area contributed by atoms with E-state index in [1.807, 2.05) is 30.3 Å². The molecule has 1 aliphatic heterocycles. The third-order valence-corrected chi connectivity index (χ3v) is 3.62. The van der Waals surface area contributed by atoms with Gasteiger partial charge in [-0.15, -0.1) is 0 Å². The first-order chi connectivity index (χ1) is 6.77. The third kappa shape index (κ3) is 2.08. The molecule has 1 fully saturated rings. The highest BCUT2D eigenvalue weighted by atomic mass is 127. The van der Waals surface area contributed by atoms with Crippen LogP contribution in [0.2, 0.25) is 0 Å².